The van der Waals surface area contributed by atoms with Crippen molar-refractivity contribution >= 4 is 5.82 Å². The maximum Gasteiger partial charge on any atom is 0.145 e. The molecule has 0 bridgehead atoms. The molecule has 0 atom stereocenters. The molecule has 0 radical (unpaired) electrons. The number of nitrogens with one attached hydrogen (secondary N) is 1. The maximum absolute atomic E-state index is 12.9. The van der Waals surface area contributed by atoms with E-state index in [1.165, 1.54) is 0 Å². The zero-order chi connectivity index (χ0) is 11.5. The molecule has 16 heavy (non-hydrogen) atoms. The number of methoxy groups -OCH3 is 1. The Hall–Kier alpha value is -2.04. The Balaban J connectivity index is 2.60. The second-order valence-electron chi connectivity index (χ2n) is 3.33. The lowest BCUT2D eigenvalue weighted by atomic mass is 10.0. The topological polar surface area (TPSA) is 63.9 Å². The van der Waals surface area contributed by atoms with Crippen LogP contribution in [-0.2, 0) is 6.67 Å². The van der Waals surface area contributed by atoms with Gasteiger partial charge in [-0.2, -0.15) is 5.10 Å². The van der Waals surface area contributed by atoms with Gasteiger partial charge < -0.3 is 10.5 Å². The number of nitrogens with two attached hydrogens (primary N) is 1. The van der Waals surface area contributed by atoms with Crippen LogP contribution in [0.2, 0.25) is 0 Å². The number of hydrogen-bond acceptors (Lipinski definition) is 3. The van der Waals surface area contributed by atoms with Gasteiger partial charge in [0.05, 0.1) is 12.8 Å². The molecule has 2 aromatic rings. The Morgan fingerprint density at radius 3 is 2.88 bits per heavy atom. The smallest absolute Gasteiger partial charge is 0.145 e. The van der Waals surface area contributed by atoms with Crippen LogP contribution in [-0.4, -0.2) is 17.3 Å². The number of aromatic nitrogens is 2. The Kier molecular flexibility index (Phi) is 2.76. The third-order valence-corrected chi connectivity index (χ3v) is 2.34. The number of anilines is 1. The van der Waals surface area contributed by atoms with Crippen LogP contribution in [0.15, 0.2) is 24.3 Å². The van der Waals surface area contributed by atoms with E-state index in [9.17, 15) is 4.39 Å². The lowest BCUT2D eigenvalue weighted by molar-refractivity contribution is 0.413. The van der Waals surface area contributed by atoms with Gasteiger partial charge >= 0.3 is 0 Å². The van der Waals surface area contributed by atoms with Crippen LogP contribution < -0.4 is 10.5 Å². The molecule has 1 aromatic carbocycles. The summed E-state index contributed by atoms with van der Waals surface area (Å²) in [4.78, 5) is 0. The highest BCUT2D eigenvalue weighted by molar-refractivity contribution is 5.72. The minimum atomic E-state index is -0.564. The van der Waals surface area contributed by atoms with Crippen molar-refractivity contribution < 1.29 is 9.13 Å². The van der Waals surface area contributed by atoms with Gasteiger partial charge in [0.15, 0.2) is 0 Å². The summed E-state index contributed by atoms with van der Waals surface area (Å²) in [5, 5.41) is 6.57. The fourth-order valence-electron chi connectivity index (χ4n) is 1.63. The van der Waals surface area contributed by atoms with Crippen LogP contribution in [0, 0.1) is 0 Å². The molecule has 0 unspecified atom stereocenters. The summed E-state index contributed by atoms with van der Waals surface area (Å²) in [7, 11) is 1.54. The van der Waals surface area contributed by atoms with Gasteiger partial charge in [0.1, 0.15) is 18.2 Å². The quantitative estimate of drug-likeness (QED) is 0.834. The van der Waals surface area contributed by atoms with Gasteiger partial charge in [0.25, 0.3) is 0 Å². The molecule has 3 N–H and O–H groups in total. The third-order valence-electron chi connectivity index (χ3n) is 2.34. The summed E-state index contributed by atoms with van der Waals surface area (Å²) in [6.07, 6.45) is 0. The number of rotatable bonds is 3. The van der Waals surface area contributed by atoms with Gasteiger partial charge in [-0.05, 0) is 11.6 Å². The summed E-state index contributed by atoms with van der Waals surface area (Å²) in [6.45, 7) is -0.564. The molecular weight excluding hydrogens is 209 g/mol. The molecule has 0 spiro atoms. The van der Waals surface area contributed by atoms with E-state index in [0.29, 0.717) is 28.4 Å². The first-order valence-electron chi connectivity index (χ1n) is 4.79. The van der Waals surface area contributed by atoms with E-state index in [1.807, 2.05) is 0 Å². The summed E-state index contributed by atoms with van der Waals surface area (Å²) < 4.78 is 18.1. The summed E-state index contributed by atoms with van der Waals surface area (Å²) in [6, 6.07) is 6.87. The normalized spacial score (nSPS) is 10.4. The number of nitrogens with zero attached hydrogens (tertiary/aromatic N) is 1. The molecule has 1 aromatic heterocycles. The molecule has 2 rings (SSSR count). The second-order valence-corrected chi connectivity index (χ2v) is 3.33. The molecule has 5 heteroatoms. The average molecular weight is 221 g/mol. The highest BCUT2D eigenvalue weighted by Gasteiger charge is 2.13. The van der Waals surface area contributed by atoms with E-state index in [1.54, 1.807) is 31.4 Å². The van der Waals surface area contributed by atoms with E-state index < -0.39 is 6.67 Å². The lowest BCUT2D eigenvalue weighted by Crippen LogP contribution is -1.93. The number of benzene rings is 1. The number of hydrogen-bond donors (Lipinski definition) is 2. The summed E-state index contributed by atoms with van der Waals surface area (Å²) in [5.41, 5.74) is 7.39. The van der Waals surface area contributed by atoms with Crippen molar-refractivity contribution in [3.05, 3.63) is 29.8 Å². The van der Waals surface area contributed by atoms with E-state index in [2.05, 4.69) is 10.2 Å². The average Bonchev–Trinajstić information content (AvgIpc) is 2.74. The number of nitrogen functional groups attached to an aromatic ring is 1. The number of alkyl halides is 1. The Labute approximate surface area is 92.2 Å². The summed E-state index contributed by atoms with van der Waals surface area (Å²) >= 11 is 0. The van der Waals surface area contributed by atoms with Gasteiger partial charge in [-0.15, -0.1) is 0 Å². The lowest BCUT2D eigenvalue weighted by Gasteiger charge is -2.09. The highest BCUT2D eigenvalue weighted by Crippen LogP contribution is 2.33. The second kappa shape index (κ2) is 4.22. The van der Waals surface area contributed by atoms with Gasteiger partial charge in [0, 0.05) is 11.6 Å². The molecule has 0 saturated heterocycles. The van der Waals surface area contributed by atoms with Crippen molar-refractivity contribution in [1.29, 1.82) is 0 Å². The molecule has 0 saturated carbocycles. The molecular formula is C11H12FN3O. The zero-order valence-corrected chi connectivity index (χ0v) is 8.83. The predicted molar refractivity (Wildman–Crippen MR) is 59.8 cm³/mol. The first-order chi connectivity index (χ1) is 7.76. The monoisotopic (exact) mass is 221 g/mol. The Morgan fingerprint density at radius 2 is 2.31 bits per heavy atom. The van der Waals surface area contributed by atoms with Crippen LogP contribution in [0.3, 0.4) is 0 Å². The van der Waals surface area contributed by atoms with E-state index in [0.717, 1.165) is 0 Å². The van der Waals surface area contributed by atoms with Crippen molar-refractivity contribution in [3.63, 3.8) is 0 Å². The number of aromatic amines is 1. The molecule has 1 heterocycles. The fraction of sp³-hybridized carbons (Fsp3) is 0.182. The first kappa shape index (κ1) is 10.5. The van der Waals surface area contributed by atoms with Crippen LogP contribution >= 0.6 is 0 Å². The number of ether oxygens (including phenoxy) is 1. The van der Waals surface area contributed by atoms with E-state index in [-0.39, 0.29) is 0 Å². The summed E-state index contributed by atoms with van der Waals surface area (Å²) in [5.74, 6) is 0.963. The van der Waals surface area contributed by atoms with Crippen molar-refractivity contribution in [2.24, 2.45) is 0 Å². The van der Waals surface area contributed by atoms with Crippen molar-refractivity contribution in [2.45, 2.75) is 6.67 Å². The Bertz CT molecular complexity index is 473. The molecule has 0 aliphatic rings. The van der Waals surface area contributed by atoms with Gasteiger partial charge in [-0.3, -0.25) is 5.10 Å². The standard InChI is InChI=1S/C11H12FN3O/c1-16-9-4-2-3-7(6-12)11(9)8-5-10(13)15-14-8/h2-5H,6H2,1H3,(H3,13,14,15). The SMILES string of the molecule is COc1cccc(CF)c1-c1cc(N)n[nH]1. The first-order valence-corrected chi connectivity index (χ1v) is 4.79. The van der Waals surface area contributed by atoms with Gasteiger partial charge in [-0.25, -0.2) is 4.39 Å². The predicted octanol–water partition coefficient (Wildman–Crippen LogP) is 2.14. The van der Waals surface area contributed by atoms with Crippen LogP contribution in [0.5, 0.6) is 5.75 Å². The van der Waals surface area contributed by atoms with Gasteiger partial charge in [-0.1, -0.05) is 12.1 Å². The molecule has 4 nitrogen and oxygen atoms in total. The van der Waals surface area contributed by atoms with E-state index >= 15 is 0 Å². The minimum Gasteiger partial charge on any atom is -0.496 e. The number of halogens is 1. The van der Waals surface area contributed by atoms with Crippen LogP contribution in [0.25, 0.3) is 11.3 Å². The van der Waals surface area contributed by atoms with Crippen molar-refractivity contribution in [2.75, 3.05) is 12.8 Å². The molecule has 0 amide bonds. The minimum absolute atomic E-state index is 0.366. The highest BCUT2D eigenvalue weighted by atomic mass is 19.1. The van der Waals surface area contributed by atoms with Crippen molar-refractivity contribution in [1.82, 2.24) is 10.2 Å². The maximum atomic E-state index is 12.9. The Morgan fingerprint density at radius 1 is 1.50 bits per heavy atom. The van der Waals surface area contributed by atoms with E-state index in [4.69, 9.17) is 10.5 Å². The fourth-order valence-corrected chi connectivity index (χ4v) is 1.63. The zero-order valence-electron chi connectivity index (χ0n) is 8.83. The molecule has 0 aliphatic carbocycles. The largest absolute Gasteiger partial charge is 0.496 e. The third kappa shape index (κ3) is 1.71. The molecule has 0 fully saturated rings. The van der Waals surface area contributed by atoms with Crippen molar-refractivity contribution in [3.8, 4) is 17.0 Å². The van der Waals surface area contributed by atoms with Gasteiger partial charge in [0.2, 0.25) is 0 Å². The van der Waals surface area contributed by atoms with Crippen LogP contribution in [0.4, 0.5) is 10.2 Å². The number of H-pyrrole nitrogens is 1. The van der Waals surface area contributed by atoms with Crippen LogP contribution in [0.1, 0.15) is 5.56 Å². The molecule has 84 valence electrons. The molecule has 0 aliphatic heterocycles.